The largest absolute Gasteiger partial charge is 0.496 e. The molecule has 7 rings (SSSR count). The van der Waals surface area contributed by atoms with Crippen molar-refractivity contribution in [2.24, 2.45) is 23.2 Å². The molecule has 2 aromatic heterocycles. The molecule has 1 aromatic carbocycles. The number of carbonyl (C=O) groups is 3. The number of ether oxygens (including phenoxy) is 3. The summed E-state index contributed by atoms with van der Waals surface area (Å²) in [5.41, 5.74) is 2.41. The quantitative estimate of drug-likeness (QED) is 0.178. The van der Waals surface area contributed by atoms with Crippen LogP contribution in [0.4, 0.5) is 0 Å². The summed E-state index contributed by atoms with van der Waals surface area (Å²) in [4.78, 5) is 53.6. The molecule has 0 saturated heterocycles. The Morgan fingerprint density at radius 2 is 1.82 bits per heavy atom. The topological polar surface area (TPSA) is 108 Å². The zero-order chi connectivity index (χ0) is 35.7. The fourth-order valence-electron chi connectivity index (χ4n) is 8.74. The molecule has 0 radical (unpaired) electrons. The number of benzene rings is 1. The monoisotopic (exact) mass is 713 g/mol. The van der Waals surface area contributed by atoms with Crippen LogP contribution in [0.25, 0.3) is 22.3 Å². The number of amides is 1. The molecular formula is C41H51N3O6S. The van der Waals surface area contributed by atoms with Gasteiger partial charge in [-0.1, -0.05) is 31.4 Å². The van der Waals surface area contributed by atoms with Crippen LogP contribution in [0.15, 0.2) is 35.7 Å². The van der Waals surface area contributed by atoms with Crippen molar-refractivity contribution in [3.63, 3.8) is 0 Å². The van der Waals surface area contributed by atoms with Gasteiger partial charge >= 0.3 is 5.97 Å². The Kier molecular flexibility index (Phi) is 10.5. The van der Waals surface area contributed by atoms with Crippen molar-refractivity contribution in [3.05, 3.63) is 46.3 Å². The highest BCUT2D eigenvalue weighted by Gasteiger charge is 2.62. The number of nitrogens with zero attached hydrogens (tertiary/aromatic N) is 3. The summed E-state index contributed by atoms with van der Waals surface area (Å²) in [5.74, 6) is 0.443. The molecule has 3 aliphatic carbocycles. The van der Waals surface area contributed by atoms with Crippen LogP contribution < -0.4 is 9.47 Å². The fraction of sp³-hybridized carbons (Fsp3) is 0.585. The molecule has 0 unspecified atom stereocenters. The number of fused-ring (bicyclic) bond motifs is 3. The summed E-state index contributed by atoms with van der Waals surface area (Å²) in [6, 6.07) is 5.87. The minimum absolute atomic E-state index is 0.0140. The van der Waals surface area contributed by atoms with Crippen molar-refractivity contribution in [3.8, 4) is 22.9 Å². The van der Waals surface area contributed by atoms with E-state index < -0.39 is 17.3 Å². The van der Waals surface area contributed by atoms with Gasteiger partial charge in [-0.05, 0) is 83.3 Å². The van der Waals surface area contributed by atoms with Crippen LogP contribution in [0.3, 0.4) is 0 Å². The van der Waals surface area contributed by atoms with Gasteiger partial charge in [-0.15, -0.1) is 11.3 Å². The predicted molar refractivity (Wildman–Crippen MR) is 198 cm³/mol. The van der Waals surface area contributed by atoms with Crippen molar-refractivity contribution < 1.29 is 28.6 Å². The molecule has 9 nitrogen and oxygen atoms in total. The fourth-order valence-corrected chi connectivity index (χ4v) is 9.73. The van der Waals surface area contributed by atoms with Crippen molar-refractivity contribution in [2.45, 2.75) is 103 Å². The second-order valence-electron chi connectivity index (χ2n) is 15.1. The SMILES string of the molecule is CCOC(=O)[C@]12CC(=O)[C@@H]3C[C@@H](Oc4cc(-c5csc(C6CCCCC6)n5)nc5c(C)c(OC)ccc45)C[C@H]3C(=O)N(C)CCCC/C=C\[C@@H]1C2. The van der Waals surface area contributed by atoms with E-state index in [1.54, 1.807) is 30.3 Å². The normalized spacial score (nSPS) is 28.1. The Morgan fingerprint density at radius 3 is 2.61 bits per heavy atom. The van der Waals surface area contributed by atoms with E-state index >= 15 is 0 Å². The van der Waals surface area contributed by atoms with Crippen molar-refractivity contribution in [1.82, 2.24) is 14.9 Å². The number of carbonyl (C=O) groups excluding carboxylic acids is 3. The van der Waals surface area contributed by atoms with Gasteiger partial charge in [0.2, 0.25) is 5.91 Å². The van der Waals surface area contributed by atoms with E-state index in [-0.39, 0.29) is 42.7 Å². The van der Waals surface area contributed by atoms with E-state index in [9.17, 15) is 14.4 Å². The molecule has 0 bridgehead atoms. The van der Waals surface area contributed by atoms with Gasteiger partial charge in [0.15, 0.2) is 0 Å². The number of rotatable bonds is 7. The molecule has 1 aliphatic heterocycles. The standard InChI is InChI=1S/C41H51N3O6S/c1-5-49-40(47)41-22-27(41)15-11-6-7-12-18-44(3)39(46)31-20-28(19-30(31)34(45)23-41)50-36-21-32(42-37-25(2)35(48-4)17-16-29(36)37)33-24-51-38(43-33)26-13-9-8-10-14-26/h11,15-17,21,24,26-28,30-31H,5-10,12-14,18-20,22-23H2,1-4H3/b15-11-/t27-,28-,30-,31-,41-/m1/s1. The third kappa shape index (κ3) is 7.17. The van der Waals surface area contributed by atoms with Gasteiger partial charge in [0.1, 0.15) is 23.4 Å². The molecule has 4 aliphatic rings. The molecular weight excluding hydrogens is 663 g/mol. The molecule has 272 valence electrons. The number of allylic oxidation sites excluding steroid dienone is 2. The minimum atomic E-state index is -0.844. The lowest BCUT2D eigenvalue weighted by Crippen LogP contribution is -2.38. The molecule has 3 heterocycles. The lowest BCUT2D eigenvalue weighted by molar-refractivity contribution is -0.152. The van der Waals surface area contributed by atoms with Crippen LogP contribution >= 0.6 is 11.3 Å². The predicted octanol–water partition coefficient (Wildman–Crippen LogP) is 8.22. The van der Waals surface area contributed by atoms with E-state index in [4.69, 9.17) is 24.2 Å². The Labute approximate surface area is 305 Å². The molecule has 3 saturated carbocycles. The van der Waals surface area contributed by atoms with Crippen LogP contribution in [0.5, 0.6) is 11.5 Å². The van der Waals surface area contributed by atoms with Crippen LogP contribution in [0, 0.1) is 30.1 Å². The van der Waals surface area contributed by atoms with Crippen LogP contribution in [0.1, 0.15) is 100 Å². The van der Waals surface area contributed by atoms with Crippen LogP contribution in [-0.4, -0.2) is 65.9 Å². The summed E-state index contributed by atoms with van der Waals surface area (Å²) in [5, 5.41) is 4.12. The molecule has 1 amide bonds. The zero-order valence-corrected chi connectivity index (χ0v) is 31.3. The van der Waals surface area contributed by atoms with E-state index in [2.05, 4.69) is 17.5 Å². The molecule has 10 heteroatoms. The first-order chi connectivity index (χ1) is 24.7. The number of thiazole rings is 1. The summed E-state index contributed by atoms with van der Waals surface area (Å²) in [6.07, 6.45) is 14.2. The Bertz CT molecular complexity index is 1810. The second-order valence-corrected chi connectivity index (χ2v) is 16.0. The molecule has 0 N–H and O–H groups in total. The van der Waals surface area contributed by atoms with Gasteiger partial charge in [0.05, 0.1) is 47.0 Å². The maximum atomic E-state index is 14.3. The first-order valence-electron chi connectivity index (χ1n) is 18.9. The number of aryl methyl sites for hydroxylation is 1. The summed E-state index contributed by atoms with van der Waals surface area (Å²) in [6.45, 7) is 4.71. The van der Waals surface area contributed by atoms with E-state index in [1.807, 2.05) is 32.2 Å². The molecule has 51 heavy (non-hydrogen) atoms. The first kappa shape index (κ1) is 35.6. The van der Waals surface area contributed by atoms with E-state index in [0.29, 0.717) is 37.5 Å². The number of methoxy groups -OCH3 is 1. The average molecular weight is 714 g/mol. The number of hydrogen-bond acceptors (Lipinski definition) is 9. The van der Waals surface area contributed by atoms with Gasteiger partial charge < -0.3 is 19.1 Å². The Morgan fingerprint density at radius 1 is 1.02 bits per heavy atom. The highest BCUT2D eigenvalue weighted by Crippen LogP contribution is 2.58. The number of hydrogen-bond donors (Lipinski definition) is 0. The number of ketones is 1. The van der Waals surface area contributed by atoms with Crippen LogP contribution in [0.2, 0.25) is 0 Å². The van der Waals surface area contributed by atoms with Gasteiger partial charge in [-0.2, -0.15) is 0 Å². The molecule has 3 fully saturated rings. The van der Waals surface area contributed by atoms with Gasteiger partial charge in [-0.25, -0.2) is 9.97 Å². The van der Waals surface area contributed by atoms with Crippen molar-refractivity contribution in [1.29, 1.82) is 0 Å². The lowest BCUT2D eigenvalue weighted by Gasteiger charge is -2.25. The minimum Gasteiger partial charge on any atom is -0.496 e. The second kappa shape index (κ2) is 15.1. The smallest absolute Gasteiger partial charge is 0.313 e. The number of pyridine rings is 1. The van der Waals surface area contributed by atoms with Crippen LogP contribution in [-0.2, 0) is 19.1 Å². The first-order valence-corrected chi connectivity index (χ1v) is 19.8. The zero-order valence-electron chi connectivity index (χ0n) is 30.4. The van der Waals surface area contributed by atoms with Crippen molar-refractivity contribution >= 4 is 39.9 Å². The lowest BCUT2D eigenvalue weighted by atomic mass is 9.84. The van der Waals surface area contributed by atoms with Gasteiger partial charge in [0.25, 0.3) is 0 Å². The molecule has 0 spiro atoms. The molecule has 3 aromatic rings. The highest BCUT2D eigenvalue weighted by atomic mass is 32.1. The summed E-state index contributed by atoms with van der Waals surface area (Å²) >= 11 is 1.71. The van der Waals surface area contributed by atoms with E-state index in [0.717, 1.165) is 52.9 Å². The number of aromatic nitrogens is 2. The summed E-state index contributed by atoms with van der Waals surface area (Å²) < 4.78 is 18.0. The highest BCUT2D eigenvalue weighted by molar-refractivity contribution is 7.10. The number of esters is 1. The maximum absolute atomic E-state index is 14.3. The third-order valence-electron chi connectivity index (χ3n) is 11.8. The van der Waals surface area contributed by atoms with E-state index in [1.165, 1.54) is 37.1 Å². The third-order valence-corrected chi connectivity index (χ3v) is 12.8. The summed E-state index contributed by atoms with van der Waals surface area (Å²) in [7, 11) is 3.50. The Hall–Kier alpha value is -3.79. The van der Waals surface area contributed by atoms with Gasteiger partial charge in [-0.3, -0.25) is 14.4 Å². The Balaban J connectivity index is 1.21. The molecule has 5 atom stereocenters. The number of Topliss-reactive ketones (excluding diaryl/α,β-unsaturated/α-hetero) is 1. The maximum Gasteiger partial charge on any atom is 0.313 e. The van der Waals surface area contributed by atoms with Gasteiger partial charge in [0, 0.05) is 54.2 Å². The van der Waals surface area contributed by atoms with Crippen molar-refractivity contribution in [2.75, 3.05) is 27.3 Å². The average Bonchev–Trinajstić information content (AvgIpc) is 3.43.